The van der Waals surface area contributed by atoms with Gasteiger partial charge in [0.2, 0.25) is 0 Å². The minimum Gasteiger partial charge on any atom is -0.388 e. The Morgan fingerprint density at radius 1 is 1.12 bits per heavy atom. The number of nitrogens with one attached hydrogen (secondary N) is 1. The molecule has 0 saturated carbocycles. The largest absolute Gasteiger partial charge is 0.388 e. The molecule has 0 radical (unpaired) electrons. The lowest BCUT2D eigenvalue weighted by Gasteiger charge is -2.12. The van der Waals surface area contributed by atoms with Gasteiger partial charge in [-0.25, -0.2) is 0 Å². The van der Waals surface area contributed by atoms with E-state index in [4.69, 9.17) is 11.6 Å². The summed E-state index contributed by atoms with van der Waals surface area (Å²) in [6.07, 6.45) is 0. The van der Waals surface area contributed by atoms with Crippen molar-refractivity contribution in [3.63, 3.8) is 0 Å². The summed E-state index contributed by atoms with van der Waals surface area (Å²) in [6, 6.07) is 15.9. The Kier molecular flexibility index (Phi) is 3.50. The van der Waals surface area contributed by atoms with Crippen molar-refractivity contribution >= 4 is 22.9 Å². The van der Waals surface area contributed by atoms with Crippen LogP contribution in [0, 0.1) is 0 Å². The van der Waals surface area contributed by atoms with E-state index >= 15 is 0 Å². The summed E-state index contributed by atoms with van der Waals surface area (Å²) in [5.41, 5.74) is 4.14. The highest BCUT2D eigenvalue weighted by Gasteiger charge is 2.07. The highest BCUT2D eigenvalue weighted by Crippen LogP contribution is 2.30. The van der Waals surface area contributed by atoms with E-state index in [9.17, 15) is 0 Å². The summed E-state index contributed by atoms with van der Waals surface area (Å²) in [4.78, 5) is 0. The van der Waals surface area contributed by atoms with E-state index in [0.29, 0.717) is 0 Å². The molecule has 0 spiro atoms. The van der Waals surface area contributed by atoms with Crippen molar-refractivity contribution in [2.24, 2.45) is 0 Å². The van der Waals surface area contributed by atoms with E-state index < -0.39 is 0 Å². The fourth-order valence-electron chi connectivity index (χ4n) is 1.78. The van der Waals surface area contributed by atoms with Gasteiger partial charge in [0.1, 0.15) is 0 Å². The predicted octanol–water partition coefficient (Wildman–Crippen LogP) is 4.44. The summed E-state index contributed by atoms with van der Waals surface area (Å²) in [5, 5.41) is 3.87. The van der Waals surface area contributed by atoms with Gasteiger partial charge >= 0.3 is 0 Å². The van der Waals surface area contributed by atoms with Gasteiger partial charge in [0.25, 0.3) is 0 Å². The van der Waals surface area contributed by atoms with Crippen molar-refractivity contribution in [2.45, 2.75) is 0 Å². The lowest BCUT2D eigenvalue weighted by molar-refractivity contribution is 1.47. The number of rotatable bonds is 3. The fraction of sp³-hybridized carbons (Fsp3) is 0.0667. The average molecular weight is 244 g/mol. The first-order valence-electron chi connectivity index (χ1n) is 5.44. The van der Waals surface area contributed by atoms with Gasteiger partial charge in [-0.2, -0.15) is 0 Å². The van der Waals surface area contributed by atoms with E-state index in [1.54, 1.807) is 0 Å². The molecule has 1 N–H and O–H groups in total. The van der Waals surface area contributed by atoms with E-state index in [1.165, 1.54) is 0 Å². The van der Waals surface area contributed by atoms with Crippen molar-refractivity contribution < 1.29 is 0 Å². The second-order valence-electron chi connectivity index (χ2n) is 3.78. The molecular weight excluding hydrogens is 230 g/mol. The Hall–Kier alpha value is -1.73. The molecule has 0 bridgehead atoms. The SMILES string of the molecule is C=C(c1ccccc1)c1cc(Cl)ccc1NC. The zero-order valence-corrected chi connectivity index (χ0v) is 10.5. The molecule has 0 saturated heterocycles. The molecule has 2 aromatic carbocycles. The third-order valence-corrected chi connectivity index (χ3v) is 2.93. The molecule has 0 unspecified atom stereocenters. The van der Waals surface area contributed by atoms with Crippen LogP contribution >= 0.6 is 11.6 Å². The molecule has 0 amide bonds. The molecular formula is C15H14ClN. The van der Waals surface area contributed by atoms with Crippen LogP contribution in [0.25, 0.3) is 5.57 Å². The fourth-order valence-corrected chi connectivity index (χ4v) is 1.95. The molecule has 2 aromatic rings. The zero-order chi connectivity index (χ0) is 12.3. The third-order valence-electron chi connectivity index (χ3n) is 2.70. The van der Waals surface area contributed by atoms with Crippen LogP contribution in [0.2, 0.25) is 5.02 Å². The van der Waals surface area contributed by atoms with Gasteiger partial charge in [0.15, 0.2) is 0 Å². The number of hydrogen-bond donors (Lipinski definition) is 1. The van der Waals surface area contributed by atoms with E-state index in [-0.39, 0.29) is 0 Å². The molecule has 0 aliphatic carbocycles. The maximum atomic E-state index is 6.04. The van der Waals surface area contributed by atoms with Gasteiger partial charge in [-0.05, 0) is 29.3 Å². The summed E-state index contributed by atoms with van der Waals surface area (Å²) in [7, 11) is 1.89. The monoisotopic (exact) mass is 243 g/mol. The lowest BCUT2D eigenvalue weighted by Crippen LogP contribution is -1.95. The first-order chi connectivity index (χ1) is 8.22. The first-order valence-corrected chi connectivity index (χ1v) is 5.82. The van der Waals surface area contributed by atoms with Crippen molar-refractivity contribution in [1.29, 1.82) is 0 Å². The van der Waals surface area contributed by atoms with Gasteiger partial charge in [0.05, 0.1) is 0 Å². The van der Waals surface area contributed by atoms with Crippen LogP contribution in [0.3, 0.4) is 0 Å². The van der Waals surface area contributed by atoms with Gasteiger partial charge in [0, 0.05) is 23.3 Å². The Morgan fingerprint density at radius 3 is 2.47 bits per heavy atom. The molecule has 1 nitrogen and oxygen atoms in total. The van der Waals surface area contributed by atoms with Crippen molar-refractivity contribution in [3.8, 4) is 0 Å². The topological polar surface area (TPSA) is 12.0 Å². The van der Waals surface area contributed by atoms with Crippen molar-refractivity contribution in [2.75, 3.05) is 12.4 Å². The van der Waals surface area contributed by atoms with Gasteiger partial charge in [-0.15, -0.1) is 0 Å². The minimum absolute atomic E-state index is 0.719. The molecule has 0 fully saturated rings. The highest BCUT2D eigenvalue weighted by molar-refractivity contribution is 6.30. The van der Waals surface area contributed by atoms with Crippen LogP contribution in [-0.4, -0.2) is 7.05 Å². The zero-order valence-electron chi connectivity index (χ0n) is 9.70. The predicted molar refractivity (Wildman–Crippen MR) is 75.6 cm³/mol. The molecule has 0 heterocycles. The second-order valence-corrected chi connectivity index (χ2v) is 4.22. The van der Waals surface area contributed by atoms with Gasteiger partial charge < -0.3 is 5.32 Å². The average Bonchev–Trinajstić information content (AvgIpc) is 2.39. The Morgan fingerprint density at radius 2 is 1.82 bits per heavy atom. The number of anilines is 1. The standard InChI is InChI=1S/C15H14ClN/c1-11(12-6-4-3-5-7-12)14-10-13(16)8-9-15(14)17-2/h3-10,17H,1H2,2H3. The Labute approximate surface area is 107 Å². The highest BCUT2D eigenvalue weighted by atomic mass is 35.5. The molecule has 2 rings (SSSR count). The maximum absolute atomic E-state index is 6.04. The maximum Gasteiger partial charge on any atom is 0.0418 e. The molecule has 0 aliphatic heterocycles. The van der Waals surface area contributed by atoms with Crippen molar-refractivity contribution in [1.82, 2.24) is 0 Å². The van der Waals surface area contributed by atoms with Crippen LogP contribution in [0.4, 0.5) is 5.69 Å². The summed E-state index contributed by atoms with van der Waals surface area (Å²) < 4.78 is 0. The minimum atomic E-state index is 0.719. The normalized spacial score (nSPS) is 10.0. The number of halogens is 1. The molecule has 0 atom stereocenters. The molecule has 0 aromatic heterocycles. The Balaban J connectivity index is 2.47. The van der Waals surface area contributed by atoms with Crippen LogP contribution in [-0.2, 0) is 0 Å². The molecule has 2 heteroatoms. The van der Waals surface area contributed by atoms with Crippen molar-refractivity contribution in [3.05, 3.63) is 71.3 Å². The van der Waals surface area contributed by atoms with Crippen LogP contribution < -0.4 is 5.32 Å². The molecule has 86 valence electrons. The van der Waals surface area contributed by atoms with E-state index in [1.807, 2.05) is 55.6 Å². The lowest BCUT2D eigenvalue weighted by atomic mass is 9.98. The Bertz CT molecular complexity index is 532. The van der Waals surface area contributed by atoms with Gasteiger partial charge in [-0.1, -0.05) is 48.5 Å². The van der Waals surface area contributed by atoms with E-state index in [0.717, 1.165) is 27.4 Å². The summed E-state index contributed by atoms with van der Waals surface area (Å²) >= 11 is 6.04. The first kappa shape index (κ1) is 11.7. The van der Waals surface area contributed by atoms with Crippen LogP contribution in [0.1, 0.15) is 11.1 Å². The second kappa shape index (κ2) is 5.07. The molecule has 17 heavy (non-hydrogen) atoms. The van der Waals surface area contributed by atoms with Crippen LogP contribution in [0.15, 0.2) is 55.1 Å². The summed E-state index contributed by atoms with van der Waals surface area (Å²) in [5.74, 6) is 0. The molecule has 0 aliphatic rings. The smallest absolute Gasteiger partial charge is 0.0418 e. The quantitative estimate of drug-likeness (QED) is 0.840. The number of hydrogen-bond acceptors (Lipinski definition) is 1. The third kappa shape index (κ3) is 2.51. The van der Waals surface area contributed by atoms with E-state index in [2.05, 4.69) is 11.9 Å². The van der Waals surface area contributed by atoms with Gasteiger partial charge in [-0.3, -0.25) is 0 Å². The van der Waals surface area contributed by atoms with Crippen LogP contribution in [0.5, 0.6) is 0 Å². The number of benzene rings is 2. The summed E-state index contributed by atoms with van der Waals surface area (Å²) in [6.45, 7) is 4.15.